The molecule has 0 spiro atoms. The normalized spacial score (nSPS) is 23.6. The number of carbonyl (C=O) groups excluding carboxylic acids is 1. The van der Waals surface area contributed by atoms with Gasteiger partial charge in [0.25, 0.3) is 5.91 Å². The van der Waals surface area contributed by atoms with Crippen LogP contribution >= 0.6 is 11.6 Å². The second kappa shape index (κ2) is 4.80. The summed E-state index contributed by atoms with van der Waals surface area (Å²) in [6, 6.07) is 1.59. The minimum absolute atomic E-state index is 0.191. The van der Waals surface area contributed by atoms with Crippen LogP contribution < -0.4 is 5.32 Å². The van der Waals surface area contributed by atoms with Crippen LogP contribution in [0.1, 0.15) is 23.2 Å². The van der Waals surface area contributed by atoms with E-state index in [0.29, 0.717) is 23.0 Å². The Morgan fingerprint density at radius 2 is 2.38 bits per heavy atom. The van der Waals surface area contributed by atoms with Gasteiger partial charge < -0.3 is 10.4 Å². The number of nitrogens with one attached hydrogen (secondary N) is 1. The van der Waals surface area contributed by atoms with E-state index in [1.54, 1.807) is 12.3 Å². The van der Waals surface area contributed by atoms with Gasteiger partial charge in [0.15, 0.2) is 0 Å². The summed E-state index contributed by atoms with van der Waals surface area (Å²) in [5, 5.41) is 12.3. The number of hydrogen-bond acceptors (Lipinski definition) is 3. The van der Waals surface area contributed by atoms with Gasteiger partial charge in [-0.25, -0.2) is 0 Å². The topological polar surface area (TPSA) is 62.2 Å². The van der Waals surface area contributed by atoms with Gasteiger partial charge in [0, 0.05) is 18.9 Å². The van der Waals surface area contributed by atoms with Crippen LogP contribution in [0.3, 0.4) is 0 Å². The van der Waals surface area contributed by atoms with Crippen LogP contribution in [0.25, 0.3) is 0 Å². The molecule has 4 nitrogen and oxygen atoms in total. The summed E-state index contributed by atoms with van der Waals surface area (Å²) >= 11 is 5.86. The monoisotopic (exact) mass is 240 g/mol. The van der Waals surface area contributed by atoms with Gasteiger partial charge in [0.05, 0.1) is 16.7 Å². The average Bonchev–Trinajstić information content (AvgIpc) is 2.23. The van der Waals surface area contributed by atoms with Gasteiger partial charge in [0.2, 0.25) is 0 Å². The van der Waals surface area contributed by atoms with Crippen molar-refractivity contribution in [2.75, 3.05) is 6.54 Å². The van der Waals surface area contributed by atoms with Crippen molar-refractivity contribution >= 4 is 17.5 Å². The maximum absolute atomic E-state index is 11.7. The molecule has 1 aliphatic carbocycles. The molecule has 0 bridgehead atoms. The maximum Gasteiger partial charge on any atom is 0.254 e. The highest BCUT2D eigenvalue weighted by atomic mass is 35.5. The van der Waals surface area contributed by atoms with Gasteiger partial charge in [-0.2, -0.15) is 0 Å². The highest BCUT2D eigenvalue weighted by Crippen LogP contribution is 2.26. The molecule has 2 rings (SSSR count). The Hall–Kier alpha value is -1.13. The molecule has 86 valence electrons. The second-order valence-corrected chi connectivity index (χ2v) is 4.46. The summed E-state index contributed by atoms with van der Waals surface area (Å²) in [4.78, 5) is 15.5. The van der Waals surface area contributed by atoms with Crippen molar-refractivity contribution in [3.05, 3.63) is 29.0 Å². The first-order valence-electron chi connectivity index (χ1n) is 5.22. The minimum atomic E-state index is -0.209. The Labute approximate surface area is 98.6 Å². The zero-order valence-electron chi connectivity index (χ0n) is 8.69. The van der Waals surface area contributed by atoms with Gasteiger partial charge in [-0.1, -0.05) is 11.6 Å². The summed E-state index contributed by atoms with van der Waals surface area (Å²) in [5.74, 6) is 0.175. The van der Waals surface area contributed by atoms with Crippen molar-refractivity contribution in [2.45, 2.75) is 18.9 Å². The first-order valence-corrected chi connectivity index (χ1v) is 5.60. The van der Waals surface area contributed by atoms with E-state index >= 15 is 0 Å². The quantitative estimate of drug-likeness (QED) is 0.836. The Morgan fingerprint density at radius 3 is 3.00 bits per heavy atom. The lowest BCUT2D eigenvalue weighted by atomic mass is 9.82. The highest BCUT2D eigenvalue weighted by Gasteiger charge is 2.27. The van der Waals surface area contributed by atoms with Gasteiger partial charge in [0.1, 0.15) is 0 Å². The molecule has 16 heavy (non-hydrogen) atoms. The van der Waals surface area contributed by atoms with Crippen LogP contribution in [0.4, 0.5) is 0 Å². The van der Waals surface area contributed by atoms with E-state index in [1.165, 1.54) is 6.20 Å². The van der Waals surface area contributed by atoms with Crippen LogP contribution in [0.15, 0.2) is 18.5 Å². The van der Waals surface area contributed by atoms with Crippen molar-refractivity contribution in [1.29, 1.82) is 0 Å². The van der Waals surface area contributed by atoms with E-state index in [9.17, 15) is 4.79 Å². The Bertz CT molecular complexity index is 391. The van der Waals surface area contributed by atoms with E-state index in [0.717, 1.165) is 12.8 Å². The number of hydrogen-bond donors (Lipinski definition) is 2. The molecule has 0 aliphatic heterocycles. The van der Waals surface area contributed by atoms with Crippen LogP contribution in [0.2, 0.25) is 5.02 Å². The number of carbonyl (C=O) groups is 1. The summed E-state index contributed by atoms with van der Waals surface area (Å²) in [7, 11) is 0. The van der Waals surface area contributed by atoms with Crippen LogP contribution in [-0.4, -0.2) is 28.6 Å². The Balaban J connectivity index is 1.86. The molecule has 2 N–H and O–H groups in total. The summed E-state index contributed by atoms with van der Waals surface area (Å²) < 4.78 is 0. The molecule has 1 saturated carbocycles. The van der Waals surface area contributed by atoms with E-state index in [1.807, 2.05) is 0 Å². The van der Waals surface area contributed by atoms with Crippen LogP contribution in [0.5, 0.6) is 0 Å². The fraction of sp³-hybridized carbons (Fsp3) is 0.455. The summed E-state index contributed by atoms with van der Waals surface area (Å²) in [5.41, 5.74) is 0.393. The largest absolute Gasteiger partial charge is 0.393 e. The van der Waals surface area contributed by atoms with Crippen molar-refractivity contribution in [2.24, 2.45) is 5.92 Å². The first-order chi connectivity index (χ1) is 7.66. The molecular formula is C11H13ClN2O2. The number of halogens is 1. The predicted octanol–water partition coefficient (Wildman–Crippen LogP) is 1.24. The second-order valence-electron chi connectivity index (χ2n) is 4.06. The zero-order chi connectivity index (χ0) is 11.5. The molecule has 0 saturated heterocycles. The number of amides is 1. The third-order valence-electron chi connectivity index (χ3n) is 2.77. The Kier molecular flexibility index (Phi) is 3.41. The molecule has 1 aromatic heterocycles. The predicted molar refractivity (Wildman–Crippen MR) is 60.3 cm³/mol. The number of aromatic nitrogens is 1. The summed E-state index contributed by atoms with van der Waals surface area (Å²) in [6.45, 7) is 0.584. The molecule has 1 heterocycles. The van der Waals surface area contributed by atoms with Gasteiger partial charge >= 0.3 is 0 Å². The van der Waals surface area contributed by atoms with E-state index in [-0.39, 0.29) is 12.0 Å². The van der Waals surface area contributed by atoms with Crippen molar-refractivity contribution in [3.63, 3.8) is 0 Å². The summed E-state index contributed by atoms with van der Waals surface area (Å²) in [6.07, 6.45) is 4.33. The molecule has 1 aliphatic rings. The molecule has 0 atom stereocenters. The van der Waals surface area contributed by atoms with Crippen LogP contribution in [0, 0.1) is 5.92 Å². The SMILES string of the molecule is O=C(NCC1CC(O)C1)c1cnccc1Cl. The fourth-order valence-electron chi connectivity index (χ4n) is 1.74. The number of nitrogens with zero attached hydrogens (tertiary/aromatic N) is 1. The zero-order valence-corrected chi connectivity index (χ0v) is 9.44. The third-order valence-corrected chi connectivity index (χ3v) is 3.10. The van der Waals surface area contributed by atoms with E-state index in [4.69, 9.17) is 16.7 Å². The standard InChI is InChI=1S/C11H13ClN2O2/c12-10-1-2-13-6-9(10)11(16)14-5-7-3-8(15)4-7/h1-2,6-8,15H,3-5H2,(H,14,16). The molecule has 1 aromatic rings. The number of pyridine rings is 1. The van der Waals surface area contributed by atoms with Crippen molar-refractivity contribution in [1.82, 2.24) is 10.3 Å². The van der Waals surface area contributed by atoms with Crippen molar-refractivity contribution in [3.8, 4) is 0 Å². The molecule has 0 unspecified atom stereocenters. The van der Waals surface area contributed by atoms with Gasteiger partial charge in [-0.3, -0.25) is 9.78 Å². The lowest BCUT2D eigenvalue weighted by Gasteiger charge is -2.31. The van der Waals surface area contributed by atoms with E-state index < -0.39 is 0 Å². The molecule has 0 aromatic carbocycles. The fourth-order valence-corrected chi connectivity index (χ4v) is 1.93. The minimum Gasteiger partial charge on any atom is -0.393 e. The first kappa shape index (κ1) is 11.4. The maximum atomic E-state index is 11.7. The molecular weight excluding hydrogens is 228 g/mol. The van der Waals surface area contributed by atoms with E-state index in [2.05, 4.69) is 10.3 Å². The number of rotatable bonds is 3. The van der Waals surface area contributed by atoms with Crippen molar-refractivity contribution < 1.29 is 9.90 Å². The molecule has 0 radical (unpaired) electrons. The van der Waals surface area contributed by atoms with Gasteiger partial charge in [-0.15, -0.1) is 0 Å². The molecule has 1 amide bonds. The smallest absolute Gasteiger partial charge is 0.254 e. The van der Waals surface area contributed by atoms with Gasteiger partial charge in [-0.05, 0) is 24.8 Å². The highest BCUT2D eigenvalue weighted by molar-refractivity contribution is 6.33. The lowest BCUT2D eigenvalue weighted by molar-refractivity contribution is 0.0420. The Morgan fingerprint density at radius 1 is 1.62 bits per heavy atom. The number of aliphatic hydroxyl groups excluding tert-OH is 1. The molecule has 1 fully saturated rings. The number of aliphatic hydroxyl groups is 1. The lowest BCUT2D eigenvalue weighted by Crippen LogP contribution is -2.38. The van der Waals surface area contributed by atoms with Crippen LogP contribution in [-0.2, 0) is 0 Å². The third kappa shape index (κ3) is 2.51. The average molecular weight is 241 g/mol. The molecule has 5 heteroatoms.